The van der Waals surface area contributed by atoms with Gasteiger partial charge in [0.2, 0.25) is 0 Å². The molecule has 0 saturated carbocycles. The van der Waals surface area contributed by atoms with Gasteiger partial charge in [-0.2, -0.15) is 0 Å². The van der Waals surface area contributed by atoms with Gasteiger partial charge in [0.25, 0.3) is 0 Å². The first kappa shape index (κ1) is 23.3. The fourth-order valence-electron chi connectivity index (χ4n) is 3.68. The molecule has 2 aliphatic rings. The minimum atomic E-state index is -0.343. The maximum absolute atomic E-state index is 11.2. The van der Waals surface area contributed by atoms with Crippen LogP contribution in [0.3, 0.4) is 0 Å². The minimum absolute atomic E-state index is 0.236. The number of β-amino-alcohol motifs (C(OH)–C–C–N with tert-alkyl or cyclic N) is 1. The highest BCUT2D eigenvalue weighted by Gasteiger charge is 2.21. The summed E-state index contributed by atoms with van der Waals surface area (Å²) in [5.41, 5.74) is 3.07. The molecule has 4 rings (SSSR count). The van der Waals surface area contributed by atoms with Crippen molar-refractivity contribution < 1.29 is 29.0 Å². The molecule has 0 aromatic heterocycles. The molecule has 0 aliphatic carbocycles. The molecule has 2 fully saturated rings. The summed E-state index contributed by atoms with van der Waals surface area (Å²) < 4.78 is 9.24. The summed E-state index contributed by atoms with van der Waals surface area (Å²) >= 11 is 0. The Morgan fingerprint density at radius 2 is 1.34 bits per heavy atom. The van der Waals surface area contributed by atoms with Crippen molar-refractivity contribution in [3.8, 4) is 0 Å². The van der Waals surface area contributed by atoms with E-state index < -0.39 is 0 Å². The second kappa shape index (κ2) is 10.8. The standard InChI is InChI=1S/C12H15NO3.C12H13NO3/c2*1-16-12(15)9-2-4-10(5-3-9)13-7-6-11(14)8-13/h2-5,11,14H,6-8H2,1H3;2-5H,6-8H2,1H3. The van der Waals surface area contributed by atoms with Crippen LogP contribution in [0.4, 0.5) is 11.4 Å². The van der Waals surface area contributed by atoms with E-state index in [9.17, 15) is 19.5 Å². The predicted molar refractivity (Wildman–Crippen MR) is 120 cm³/mol. The molecule has 0 amide bonds. The number of ether oxygens (including phenoxy) is 2. The quantitative estimate of drug-likeness (QED) is 0.724. The van der Waals surface area contributed by atoms with Crippen molar-refractivity contribution in [2.45, 2.75) is 18.9 Å². The van der Waals surface area contributed by atoms with Crippen LogP contribution in [0.2, 0.25) is 0 Å². The molecular weight excluding hydrogens is 412 g/mol. The fraction of sp³-hybridized carbons (Fsp3) is 0.375. The van der Waals surface area contributed by atoms with Gasteiger partial charge >= 0.3 is 11.9 Å². The van der Waals surface area contributed by atoms with E-state index >= 15 is 0 Å². The molecule has 1 unspecified atom stereocenters. The van der Waals surface area contributed by atoms with Crippen LogP contribution in [-0.2, 0) is 14.3 Å². The highest BCUT2D eigenvalue weighted by molar-refractivity contribution is 5.91. The zero-order chi connectivity index (χ0) is 23.1. The van der Waals surface area contributed by atoms with Gasteiger partial charge in [-0.05, 0) is 55.0 Å². The van der Waals surface area contributed by atoms with Crippen LogP contribution in [0, 0.1) is 0 Å². The Hall–Kier alpha value is -3.39. The van der Waals surface area contributed by atoms with Gasteiger partial charge in [-0.3, -0.25) is 4.79 Å². The summed E-state index contributed by atoms with van der Waals surface area (Å²) in [4.78, 5) is 37.7. The van der Waals surface area contributed by atoms with Gasteiger partial charge in [-0.15, -0.1) is 0 Å². The molecule has 1 N–H and O–H groups in total. The van der Waals surface area contributed by atoms with Gasteiger partial charge in [0.1, 0.15) is 0 Å². The number of rotatable bonds is 4. The van der Waals surface area contributed by atoms with Gasteiger partial charge in [0.05, 0.1) is 38.0 Å². The van der Waals surface area contributed by atoms with Gasteiger partial charge in [-0.25, -0.2) is 9.59 Å². The summed E-state index contributed by atoms with van der Waals surface area (Å²) in [6.45, 7) is 2.75. The number of hydrogen-bond acceptors (Lipinski definition) is 8. The molecule has 2 aromatic rings. The van der Waals surface area contributed by atoms with Crippen molar-refractivity contribution in [3.63, 3.8) is 0 Å². The lowest BCUT2D eigenvalue weighted by Gasteiger charge is -2.17. The number of ketones is 1. The van der Waals surface area contributed by atoms with Crippen LogP contribution in [-0.4, -0.2) is 69.3 Å². The number of hydrogen-bond donors (Lipinski definition) is 1. The summed E-state index contributed by atoms with van der Waals surface area (Å²) in [5.74, 6) is -0.408. The molecule has 32 heavy (non-hydrogen) atoms. The van der Waals surface area contributed by atoms with Crippen LogP contribution in [0.15, 0.2) is 48.5 Å². The van der Waals surface area contributed by atoms with Crippen molar-refractivity contribution >= 4 is 29.1 Å². The first-order valence-corrected chi connectivity index (χ1v) is 10.5. The molecule has 2 aromatic carbocycles. The molecule has 0 radical (unpaired) electrons. The Kier molecular flexibility index (Phi) is 7.83. The average Bonchev–Trinajstić information content (AvgIpc) is 3.47. The van der Waals surface area contributed by atoms with Crippen molar-refractivity contribution in [1.29, 1.82) is 0 Å². The van der Waals surface area contributed by atoms with Crippen LogP contribution in [0.5, 0.6) is 0 Å². The lowest BCUT2D eigenvalue weighted by Crippen LogP contribution is -2.21. The number of anilines is 2. The van der Waals surface area contributed by atoms with Gasteiger partial charge in [0, 0.05) is 37.4 Å². The second-order valence-corrected chi connectivity index (χ2v) is 7.68. The summed E-state index contributed by atoms with van der Waals surface area (Å²) in [5, 5.41) is 9.43. The maximum atomic E-state index is 11.2. The lowest BCUT2D eigenvalue weighted by molar-refractivity contribution is -0.116. The largest absolute Gasteiger partial charge is 0.465 e. The number of carbonyl (C=O) groups excluding carboxylic acids is 3. The summed E-state index contributed by atoms with van der Waals surface area (Å²) in [7, 11) is 2.72. The minimum Gasteiger partial charge on any atom is -0.465 e. The number of Topliss-reactive ketones (excluding diaryl/α,β-unsaturated/α-hetero) is 1. The zero-order valence-electron chi connectivity index (χ0n) is 18.3. The number of methoxy groups -OCH3 is 2. The Balaban J connectivity index is 0.000000181. The maximum Gasteiger partial charge on any atom is 0.337 e. The molecule has 8 nitrogen and oxygen atoms in total. The zero-order valence-corrected chi connectivity index (χ0v) is 18.3. The molecule has 1 atom stereocenters. The Labute approximate surface area is 187 Å². The van der Waals surface area contributed by atoms with Crippen LogP contribution >= 0.6 is 0 Å². The highest BCUT2D eigenvalue weighted by atomic mass is 16.5. The topological polar surface area (TPSA) is 96.4 Å². The van der Waals surface area contributed by atoms with Crippen LogP contribution < -0.4 is 9.80 Å². The van der Waals surface area contributed by atoms with E-state index in [0.717, 1.165) is 30.9 Å². The van der Waals surface area contributed by atoms with E-state index in [1.165, 1.54) is 14.2 Å². The third-order valence-electron chi connectivity index (χ3n) is 5.50. The molecule has 8 heteroatoms. The Morgan fingerprint density at radius 1 is 0.844 bits per heavy atom. The molecule has 0 bridgehead atoms. The molecule has 2 saturated heterocycles. The van der Waals surface area contributed by atoms with Crippen molar-refractivity contribution in [2.24, 2.45) is 0 Å². The normalized spacial score (nSPS) is 17.6. The van der Waals surface area contributed by atoms with Gasteiger partial charge in [-0.1, -0.05) is 0 Å². The van der Waals surface area contributed by atoms with E-state index in [-0.39, 0.29) is 23.8 Å². The first-order valence-electron chi connectivity index (χ1n) is 10.5. The fourth-order valence-corrected chi connectivity index (χ4v) is 3.68. The molecule has 2 heterocycles. The van der Waals surface area contributed by atoms with E-state index in [2.05, 4.69) is 14.4 Å². The summed E-state index contributed by atoms with van der Waals surface area (Å²) in [6, 6.07) is 14.3. The van der Waals surface area contributed by atoms with Gasteiger partial charge in [0.15, 0.2) is 5.78 Å². The van der Waals surface area contributed by atoms with Crippen LogP contribution in [0.1, 0.15) is 33.6 Å². The van der Waals surface area contributed by atoms with Crippen molar-refractivity contribution in [1.82, 2.24) is 0 Å². The number of benzene rings is 2. The first-order chi connectivity index (χ1) is 15.4. The summed E-state index contributed by atoms with van der Waals surface area (Å²) in [6.07, 6.45) is 1.18. The smallest absolute Gasteiger partial charge is 0.337 e. The Bertz CT molecular complexity index is 942. The lowest BCUT2D eigenvalue weighted by atomic mass is 10.2. The molecule has 0 spiro atoms. The van der Waals surface area contributed by atoms with Gasteiger partial charge < -0.3 is 24.4 Å². The SMILES string of the molecule is COC(=O)c1ccc(N2CCC(=O)C2)cc1.COC(=O)c1ccc(N2CCC(O)C2)cc1. The molecule has 2 aliphatic heterocycles. The van der Waals surface area contributed by atoms with E-state index in [4.69, 9.17) is 0 Å². The predicted octanol–water partition coefficient (Wildman–Crippen LogP) is 2.30. The number of carbonyl (C=O) groups is 3. The number of aliphatic hydroxyl groups is 1. The molecule has 170 valence electrons. The van der Waals surface area contributed by atoms with E-state index in [1.807, 2.05) is 29.2 Å². The van der Waals surface area contributed by atoms with Crippen molar-refractivity contribution in [2.75, 3.05) is 50.2 Å². The molecular formula is C24H28N2O6. The van der Waals surface area contributed by atoms with E-state index in [1.54, 1.807) is 24.3 Å². The number of esters is 2. The number of nitrogens with zero attached hydrogens (tertiary/aromatic N) is 2. The third kappa shape index (κ3) is 5.85. The number of aliphatic hydroxyl groups excluding tert-OH is 1. The second-order valence-electron chi connectivity index (χ2n) is 7.68. The highest BCUT2D eigenvalue weighted by Crippen LogP contribution is 2.21. The monoisotopic (exact) mass is 440 g/mol. The average molecular weight is 440 g/mol. The van der Waals surface area contributed by atoms with Crippen LogP contribution in [0.25, 0.3) is 0 Å². The Morgan fingerprint density at radius 3 is 1.72 bits per heavy atom. The van der Waals surface area contributed by atoms with E-state index in [0.29, 0.717) is 30.6 Å². The third-order valence-corrected chi connectivity index (χ3v) is 5.50. The van der Waals surface area contributed by atoms with Crippen molar-refractivity contribution in [3.05, 3.63) is 59.7 Å².